The maximum atomic E-state index is 12.3. The van der Waals surface area contributed by atoms with Gasteiger partial charge in [-0.15, -0.1) is 0 Å². The fourth-order valence-corrected chi connectivity index (χ4v) is 2.33. The van der Waals surface area contributed by atoms with Crippen LogP contribution in [0, 0.1) is 0 Å². The minimum atomic E-state index is -1.50. The fraction of sp³-hybridized carbons (Fsp3) is 0.118. The van der Waals surface area contributed by atoms with Gasteiger partial charge in [-0.3, -0.25) is 4.79 Å². The largest absolute Gasteiger partial charge is 0.375 e. The van der Waals surface area contributed by atoms with Crippen LogP contribution < -0.4 is 15.8 Å². The summed E-state index contributed by atoms with van der Waals surface area (Å²) in [6.07, 6.45) is 3.79. The molecule has 1 atom stereocenters. The molecule has 2 aromatic carbocycles. The van der Waals surface area contributed by atoms with Gasteiger partial charge >= 0.3 is 0 Å². The topological polar surface area (TPSA) is 49.3 Å². The summed E-state index contributed by atoms with van der Waals surface area (Å²) in [6.45, 7) is 0. The monoisotopic (exact) mass is 265 g/mol. The van der Waals surface area contributed by atoms with Crippen LogP contribution in [0.4, 0.5) is 5.69 Å². The Balaban J connectivity index is 1.91. The number of benzene rings is 2. The Kier molecular flexibility index (Phi) is 3.12. The first-order valence-corrected chi connectivity index (χ1v) is 6.54. The van der Waals surface area contributed by atoms with Crippen LogP contribution in [0.15, 0.2) is 54.6 Å². The highest BCUT2D eigenvalue weighted by Crippen LogP contribution is 2.18. The Labute approximate surface area is 116 Å². The number of nitrogens with one attached hydrogen (secondary N) is 1. The number of para-hydroxylation sites is 1. The summed E-state index contributed by atoms with van der Waals surface area (Å²) in [7, 11) is 0. The number of carbonyl (C=O) groups excluding carboxylic acids is 1. The molecule has 0 saturated heterocycles. The molecule has 1 unspecified atom stereocenters. The van der Waals surface area contributed by atoms with Gasteiger partial charge in [-0.25, -0.2) is 0 Å². The van der Waals surface area contributed by atoms with E-state index in [1.165, 1.54) is 0 Å². The van der Waals surface area contributed by atoms with E-state index in [0.29, 0.717) is 5.69 Å². The fourth-order valence-electron chi connectivity index (χ4n) is 2.33. The molecule has 0 heterocycles. The molecule has 3 rings (SSSR count). The molecule has 0 radical (unpaired) electrons. The molecule has 0 fully saturated rings. The van der Waals surface area contributed by atoms with Crippen LogP contribution in [0.25, 0.3) is 12.2 Å². The number of aliphatic hydroxyl groups is 1. The lowest BCUT2D eigenvalue weighted by atomic mass is 9.91. The first kappa shape index (κ1) is 12.6. The Morgan fingerprint density at radius 2 is 1.65 bits per heavy atom. The summed E-state index contributed by atoms with van der Waals surface area (Å²) in [6, 6.07) is 16.8. The highest BCUT2D eigenvalue weighted by molar-refractivity contribution is 6.02. The highest BCUT2D eigenvalue weighted by atomic mass is 16.3. The Morgan fingerprint density at radius 3 is 2.40 bits per heavy atom. The average Bonchev–Trinajstić information content (AvgIpc) is 2.48. The third-order valence-corrected chi connectivity index (χ3v) is 3.45. The van der Waals surface area contributed by atoms with Crippen molar-refractivity contribution >= 4 is 23.7 Å². The molecular formula is C17H15NO2. The van der Waals surface area contributed by atoms with Crippen LogP contribution >= 0.6 is 0 Å². The van der Waals surface area contributed by atoms with Gasteiger partial charge in [0, 0.05) is 12.1 Å². The summed E-state index contributed by atoms with van der Waals surface area (Å²) in [4.78, 5) is 12.3. The summed E-state index contributed by atoms with van der Waals surface area (Å²) >= 11 is 0. The second-order valence-electron chi connectivity index (χ2n) is 4.93. The molecule has 0 aromatic heterocycles. The van der Waals surface area contributed by atoms with Crippen LogP contribution in [0.1, 0.15) is 6.42 Å². The summed E-state index contributed by atoms with van der Waals surface area (Å²) in [5.41, 5.74) is -0.817. The van der Waals surface area contributed by atoms with Crippen LogP contribution in [0.5, 0.6) is 0 Å². The lowest BCUT2D eigenvalue weighted by molar-refractivity contribution is -0.128. The standard InChI is InChI=1S/C17H15NO2/c19-16(18-15-8-2-1-3-9-15)17(20)11-10-13-6-4-5-7-14(13)12-17/h1-10,12,20H,11H2,(H,18,19). The van der Waals surface area contributed by atoms with Gasteiger partial charge in [0.15, 0.2) is 5.60 Å². The molecule has 0 saturated carbocycles. The van der Waals surface area contributed by atoms with Crippen LogP contribution in [-0.2, 0) is 4.79 Å². The maximum Gasteiger partial charge on any atom is 0.260 e. The number of rotatable bonds is 2. The van der Waals surface area contributed by atoms with E-state index in [-0.39, 0.29) is 6.42 Å². The predicted molar refractivity (Wildman–Crippen MR) is 79.3 cm³/mol. The second-order valence-corrected chi connectivity index (χ2v) is 4.93. The van der Waals surface area contributed by atoms with Crippen molar-refractivity contribution in [3.8, 4) is 0 Å². The molecule has 1 amide bonds. The third kappa shape index (κ3) is 2.36. The van der Waals surface area contributed by atoms with Crippen LogP contribution in [0.3, 0.4) is 0 Å². The average molecular weight is 265 g/mol. The predicted octanol–water partition coefficient (Wildman–Crippen LogP) is 1.02. The zero-order chi connectivity index (χ0) is 14.0. The maximum absolute atomic E-state index is 12.3. The van der Waals surface area contributed by atoms with Gasteiger partial charge in [0.05, 0.1) is 0 Å². The van der Waals surface area contributed by atoms with Gasteiger partial charge in [-0.05, 0) is 28.6 Å². The zero-order valence-corrected chi connectivity index (χ0v) is 10.9. The molecule has 0 bridgehead atoms. The van der Waals surface area contributed by atoms with E-state index in [9.17, 15) is 9.90 Å². The van der Waals surface area contributed by atoms with Gasteiger partial charge in [0.2, 0.25) is 0 Å². The normalized spacial score (nSPS) is 20.2. The van der Waals surface area contributed by atoms with E-state index in [0.717, 1.165) is 10.4 Å². The van der Waals surface area contributed by atoms with Gasteiger partial charge in [-0.1, -0.05) is 48.5 Å². The third-order valence-electron chi connectivity index (χ3n) is 3.45. The van der Waals surface area contributed by atoms with Crippen molar-refractivity contribution in [2.45, 2.75) is 12.0 Å². The first-order chi connectivity index (χ1) is 9.67. The van der Waals surface area contributed by atoms with E-state index >= 15 is 0 Å². The van der Waals surface area contributed by atoms with Crippen molar-refractivity contribution in [2.75, 3.05) is 5.32 Å². The summed E-state index contributed by atoms with van der Waals surface area (Å²) < 4.78 is 0. The number of carbonyl (C=O) groups is 1. The molecule has 3 heteroatoms. The van der Waals surface area contributed by atoms with E-state index < -0.39 is 11.5 Å². The molecule has 0 aliphatic heterocycles. The van der Waals surface area contributed by atoms with Gasteiger partial charge in [0.25, 0.3) is 5.91 Å². The minimum absolute atomic E-state index is 0.280. The molecule has 100 valence electrons. The number of amides is 1. The van der Waals surface area contributed by atoms with E-state index in [4.69, 9.17) is 0 Å². The molecule has 0 spiro atoms. The molecule has 20 heavy (non-hydrogen) atoms. The second kappa shape index (κ2) is 4.94. The van der Waals surface area contributed by atoms with Gasteiger partial charge in [-0.2, -0.15) is 0 Å². The SMILES string of the molecule is O=C(Nc1ccccc1)C1(O)C=c2ccccc2=CC1. The van der Waals surface area contributed by atoms with Crippen LogP contribution in [0.2, 0.25) is 0 Å². The highest BCUT2D eigenvalue weighted by Gasteiger charge is 2.33. The van der Waals surface area contributed by atoms with E-state index in [1.54, 1.807) is 18.2 Å². The van der Waals surface area contributed by atoms with Crippen molar-refractivity contribution in [1.29, 1.82) is 0 Å². The van der Waals surface area contributed by atoms with Crippen molar-refractivity contribution in [3.63, 3.8) is 0 Å². The molecule has 1 aliphatic carbocycles. The molecule has 1 aliphatic rings. The smallest absolute Gasteiger partial charge is 0.260 e. The quantitative estimate of drug-likeness (QED) is 0.852. The first-order valence-electron chi connectivity index (χ1n) is 6.54. The number of hydrogen-bond acceptors (Lipinski definition) is 2. The number of hydrogen-bond donors (Lipinski definition) is 2. The molecular weight excluding hydrogens is 250 g/mol. The van der Waals surface area contributed by atoms with Crippen molar-refractivity contribution in [1.82, 2.24) is 0 Å². The zero-order valence-electron chi connectivity index (χ0n) is 10.9. The lowest BCUT2D eigenvalue weighted by Crippen LogP contribution is -2.46. The van der Waals surface area contributed by atoms with Crippen molar-refractivity contribution < 1.29 is 9.90 Å². The molecule has 2 aromatic rings. The lowest BCUT2D eigenvalue weighted by Gasteiger charge is -2.24. The van der Waals surface area contributed by atoms with E-state index in [2.05, 4.69) is 5.32 Å². The summed E-state index contributed by atoms with van der Waals surface area (Å²) in [5, 5.41) is 15.2. The summed E-state index contributed by atoms with van der Waals surface area (Å²) in [5.74, 6) is -0.408. The Morgan fingerprint density at radius 1 is 1.00 bits per heavy atom. The number of anilines is 1. The number of fused-ring (bicyclic) bond motifs is 1. The Bertz CT molecular complexity index is 752. The van der Waals surface area contributed by atoms with Crippen molar-refractivity contribution in [3.05, 3.63) is 65.0 Å². The molecule has 2 N–H and O–H groups in total. The van der Waals surface area contributed by atoms with Gasteiger partial charge in [0.1, 0.15) is 0 Å². The molecule has 3 nitrogen and oxygen atoms in total. The van der Waals surface area contributed by atoms with E-state index in [1.807, 2.05) is 48.5 Å². The minimum Gasteiger partial charge on any atom is -0.375 e. The van der Waals surface area contributed by atoms with Crippen LogP contribution in [-0.4, -0.2) is 16.6 Å². The van der Waals surface area contributed by atoms with Crippen molar-refractivity contribution in [2.24, 2.45) is 0 Å². The Hall–Kier alpha value is -2.39. The van der Waals surface area contributed by atoms with Gasteiger partial charge < -0.3 is 10.4 Å².